The largest absolute Gasteiger partial charge is 0.469 e. The molecule has 0 bridgehead atoms. The van der Waals surface area contributed by atoms with Crippen molar-refractivity contribution in [3.05, 3.63) is 94.4 Å². The number of aliphatic hydroxyl groups is 1. The monoisotopic (exact) mass is 442 g/mol. The van der Waals surface area contributed by atoms with E-state index in [0.717, 1.165) is 18.1 Å². The number of halogens is 2. The Morgan fingerprint density at radius 2 is 1.78 bits per heavy atom. The maximum Gasteiger partial charge on any atom is 0.255 e. The summed E-state index contributed by atoms with van der Waals surface area (Å²) < 4.78 is 32.5. The molecule has 1 amide bonds. The first-order valence-electron chi connectivity index (χ1n) is 10.6. The lowest BCUT2D eigenvalue weighted by Gasteiger charge is -2.25. The highest BCUT2D eigenvalue weighted by atomic mass is 19.1. The summed E-state index contributed by atoms with van der Waals surface area (Å²) in [6.07, 6.45) is 1.41. The number of carbonyl (C=O) groups excluding carboxylic acids is 1. The zero-order valence-electron chi connectivity index (χ0n) is 18.2. The van der Waals surface area contributed by atoms with E-state index in [9.17, 15) is 18.7 Å². The van der Waals surface area contributed by atoms with E-state index in [-0.39, 0.29) is 13.0 Å². The van der Waals surface area contributed by atoms with Crippen molar-refractivity contribution in [2.24, 2.45) is 0 Å². The van der Waals surface area contributed by atoms with Crippen molar-refractivity contribution in [3.8, 4) is 0 Å². The molecule has 0 aliphatic heterocycles. The topological polar surface area (TPSA) is 74.5 Å². The number of hydrogen-bond acceptors (Lipinski definition) is 4. The smallest absolute Gasteiger partial charge is 0.255 e. The van der Waals surface area contributed by atoms with E-state index >= 15 is 0 Å². The summed E-state index contributed by atoms with van der Waals surface area (Å²) in [4.78, 5) is 12.7. The van der Waals surface area contributed by atoms with Crippen molar-refractivity contribution < 1.29 is 23.1 Å². The van der Waals surface area contributed by atoms with Gasteiger partial charge in [0, 0.05) is 19.2 Å². The highest BCUT2D eigenvalue weighted by molar-refractivity contribution is 5.95. The van der Waals surface area contributed by atoms with Crippen LogP contribution in [0.5, 0.6) is 0 Å². The minimum absolute atomic E-state index is 0.0610. The molecular formula is C25H28F2N2O3. The van der Waals surface area contributed by atoms with Crippen molar-refractivity contribution in [1.29, 1.82) is 0 Å². The molecule has 0 spiro atoms. The Kier molecular flexibility index (Phi) is 8.14. The predicted octanol–water partition coefficient (Wildman–Crippen LogP) is 3.92. The van der Waals surface area contributed by atoms with Crippen LogP contribution < -0.4 is 10.6 Å². The van der Waals surface area contributed by atoms with Crippen LogP contribution >= 0.6 is 0 Å². The van der Waals surface area contributed by atoms with Crippen molar-refractivity contribution in [3.63, 3.8) is 0 Å². The second-order valence-electron chi connectivity index (χ2n) is 7.82. The first kappa shape index (κ1) is 23.6. The van der Waals surface area contributed by atoms with Crippen molar-refractivity contribution >= 4 is 5.91 Å². The van der Waals surface area contributed by atoms with Gasteiger partial charge in [0.2, 0.25) is 0 Å². The maximum absolute atomic E-state index is 13.7. The molecule has 0 saturated carbocycles. The lowest BCUT2D eigenvalue weighted by Crippen LogP contribution is -2.48. The van der Waals surface area contributed by atoms with Crippen LogP contribution in [0, 0.1) is 18.6 Å². The normalized spacial score (nSPS) is 13.0. The van der Waals surface area contributed by atoms with Gasteiger partial charge < -0.3 is 20.2 Å². The van der Waals surface area contributed by atoms with Crippen LogP contribution in [0.25, 0.3) is 0 Å². The summed E-state index contributed by atoms with van der Waals surface area (Å²) in [5.74, 6) is -1.40. The molecule has 1 aromatic heterocycles. The Bertz CT molecular complexity index is 1030. The molecule has 170 valence electrons. The number of carbonyl (C=O) groups is 1. The Morgan fingerprint density at radius 3 is 2.44 bits per heavy atom. The van der Waals surface area contributed by atoms with Crippen LogP contribution in [0.1, 0.15) is 39.7 Å². The third kappa shape index (κ3) is 6.48. The Balaban J connectivity index is 1.69. The van der Waals surface area contributed by atoms with Crippen molar-refractivity contribution in [2.45, 2.75) is 45.4 Å². The van der Waals surface area contributed by atoms with Gasteiger partial charge in [0.25, 0.3) is 5.91 Å². The Labute approximate surface area is 186 Å². The van der Waals surface area contributed by atoms with E-state index in [1.807, 2.05) is 12.1 Å². The average Bonchev–Trinajstić information content (AvgIpc) is 3.18. The molecule has 7 heteroatoms. The molecule has 0 aliphatic rings. The molecule has 3 aromatic rings. The number of nitrogens with one attached hydrogen (secondary N) is 2. The van der Waals surface area contributed by atoms with E-state index < -0.39 is 29.7 Å². The lowest BCUT2D eigenvalue weighted by atomic mass is 10.00. The van der Waals surface area contributed by atoms with Gasteiger partial charge in [-0.25, -0.2) is 8.78 Å². The second-order valence-corrected chi connectivity index (χ2v) is 7.82. The molecule has 0 saturated heterocycles. The number of rotatable bonds is 10. The molecule has 5 nitrogen and oxygen atoms in total. The molecular weight excluding hydrogens is 414 g/mol. The zero-order valence-corrected chi connectivity index (χ0v) is 18.2. The van der Waals surface area contributed by atoms with Gasteiger partial charge in [0.05, 0.1) is 24.0 Å². The molecule has 2 aromatic carbocycles. The number of benzene rings is 2. The fourth-order valence-electron chi connectivity index (χ4n) is 3.60. The van der Waals surface area contributed by atoms with Gasteiger partial charge >= 0.3 is 0 Å². The molecule has 1 heterocycles. The van der Waals surface area contributed by atoms with E-state index in [2.05, 4.69) is 29.7 Å². The van der Waals surface area contributed by atoms with Gasteiger partial charge in [-0.05, 0) is 54.7 Å². The summed E-state index contributed by atoms with van der Waals surface area (Å²) in [5, 5.41) is 16.8. The fourth-order valence-corrected chi connectivity index (χ4v) is 3.60. The molecule has 0 unspecified atom stereocenters. The molecule has 3 N–H and O–H groups in total. The molecule has 0 fully saturated rings. The van der Waals surface area contributed by atoms with Gasteiger partial charge in [-0.2, -0.15) is 0 Å². The first-order chi connectivity index (χ1) is 15.4. The minimum atomic E-state index is -0.994. The lowest BCUT2D eigenvalue weighted by molar-refractivity contribution is 0.0828. The van der Waals surface area contributed by atoms with Crippen LogP contribution in [-0.2, 0) is 19.4 Å². The van der Waals surface area contributed by atoms with Crippen molar-refractivity contribution in [1.82, 2.24) is 10.6 Å². The summed E-state index contributed by atoms with van der Waals surface area (Å²) in [6, 6.07) is 12.1. The highest BCUT2D eigenvalue weighted by Gasteiger charge is 2.24. The predicted molar refractivity (Wildman–Crippen MR) is 118 cm³/mol. The number of furan rings is 1. The van der Waals surface area contributed by atoms with E-state index in [1.54, 1.807) is 6.92 Å². The van der Waals surface area contributed by atoms with Crippen molar-refractivity contribution in [2.75, 3.05) is 6.54 Å². The Hall–Kier alpha value is -3.03. The van der Waals surface area contributed by atoms with Crippen LogP contribution in [0.2, 0.25) is 0 Å². The molecule has 3 rings (SSSR count). The molecule has 32 heavy (non-hydrogen) atoms. The molecule has 0 radical (unpaired) electrons. The summed E-state index contributed by atoms with van der Waals surface area (Å²) in [5.41, 5.74) is 2.99. The summed E-state index contributed by atoms with van der Waals surface area (Å²) in [6.45, 7) is 4.47. The minimum Gasteiger partial charge on any atom is -0.469 e. The number of hydrogen-bond donors (Lipinski definition) is 3. The average molecular weight is 443 g/mol. The SMILES string of the molecule is CCc1cccc(CNC[C@H](O)[C@H](Cc2cc(F)cc(F)c2)NC(=O)c2ccoc2C)c1. The van der Waals surface area contributed by atoms with E-state index in [1.165, 1.54) is 30.0 Å². The number of aliphatic hydroxyl groups excluding tert-OH is 1. The van der Waals surface area contributed by atoms with E-state index in [4.69, 9.17) is 4.42 Å². The van der Waals surface area contributed by atoms with E-state index in [0.29, 0.717) is 23.4 Å². The Morgan fingerprint density at radius 1 is 1.06 bits per heavy atom. The van der Waals surface area contributed by atoms with Crippen LogP contribution in [-0.4, -0.2) is 29.7 Å². The van der Waals surface area contributed by atoms with Gasteiger partial charge in [-0.1, -0.05) is 31.2 Å². The van der Waals surface area contributed by atoms with Crippen LogP contribution in [0.4, 0.5) is 8.78 Å². The summed E-state index contributed by atoms with van der Waals surface area (Å²) in [7, 11) is 0. The molecule has 0 aliphatic carbocycles. The standard InChI is InChI=1S/C25H28F2N2O3/c1-3-17-5-4-6-18(9-17)14-28-15-24(30)23(12-19-10-20(26)13-21(27)11-19)29-25(31)22-7-8-32-16(22)2/h4-11,13,23-24,28,30H,3,12,14-15H2,1-2H3,(H,29,31)/t23-,24-/m0/s1. The summed E-state index contributed by atoms with van der Waals surface area (Å²) >= 11 is 0. The van der Waals surface area contributed by atoms with Crippen LogP contribution in [0.15, 0.2) is 59.2 Å². The first-order valence-corrected chi connectivity index (χ1v) is 10.6. The quantitative estimate of drug-likeness (QED) is 0.445. The number of amides is 1. The van der Waals surface area contributed by atoms with Gasteiger partial charge in [-0.15, -0.1) is 0 Å². The third-order valence-electron chi connectivity index (χ3n) is 5.34. The molecule has 2 atom stereocenters. The maximum atomic E-state index is 13.7. The van der Waals surface area contributed by atoms with Gasteiger partial charge in [-0.3, -0.25) is 4.79 Å². The third-order valence-corrected chi connectivity index (χ3v) is 5.34. The highest BCUT2D eigenvalue weighted by Crippen LogP contribution is 2.14. The fraction of sp³-hybridized carbons (Fsp3) is 0.320. The van der Waals surface area contributed by atoms with Crippen LogP contribution in [0.3, 0.4) is 0 Å². The van der Waals surface area contributed by atoms with Gasteiger partial charge in [0.1, 0.15) is 17.4 Å². The number of aryl methyl sites for hydroxylation is 2. The second kappa shape index (κ2) is 11.0. The zero-order chi connectivity index (χ0) is 23.1. The van der Waals surface area contributed by atoms with Gasteiger partial charge in [0.15, 0.2) is 0 Å².